The van der Waals surface area contributed by atoms with E-state index in [9.17, 15) is 24.0 Å². The van der Waals surface area contributed by atoms with Gasteiger partial charge in [0.1, 0.15) is 18.6 Å². The Hall–Kier alpha value is -4.05. The zero-order valence-electron chi connectivity index (χ0n) is 19.6. The number of ketones is 1. The van der Waals surface area contributed by atoms with Crippen molar-refractivity contribution in [1.82, 2.24) is 16.0 Å². The quantitative estimate of drug-likeness (QED) is 0.269. The Labute approximate surface area is 203 Å². The van der Waals surface area contributed by atoms with Crippen molar-refractivity contribution in [3.63, 3.8) is 0 Å². The maximum atomic E-state index is 12.7. The molecule has 10 nitrogen and oxygen atoms in total. The monoisotopic (exact) mass is 482 g/mol. The SMILES string of the molecule is CC(=O)c1ccc(C[C@H](N)C(=O)N[C@@H](C)C(=O)N[C@@H](Cc2ccccc2)C(=O)NCC(=O)O)cc1. The number of Topliss-reactive ketones (excluding diaryl/α,β-unsaturated/α-hetero) is 1. The second-order valence-corrected chi connectivity index (χ2v) is 8.16. The lowest BCUT2D eigenvalue weighted by Gasteiger charge is -2.22. The highest BCUT2D eigenvalue weighted by Crippen LogP contribution is 2.08. The Morgan fingerprint density at radius 3 is 2.00 bits per heavy atom. The lowest BCUT2D eigenvalue weighted by molar-refractivity contribution is -0.138. The normalized spacial score (nSPS) is 13.1. The molecular formula is C25H30N4O6. The van der Waals surface area contributed by atoms with Crippen molar-refractivity contribution in [2.45, 2.75) is 44.8 Å². The third-order valence-corrected chi connectivity index (χ3v) is 5.23. The fourth-order valence-corrected chi connectivity index (χ4v) is 3.25. The Kier molecular flexibility index (Phi) is 10.1. The summed E-state index contributed by atoms with van der Waals surface area (Å²) < 4.78 is 0. The van der Waals surface area contributed by atoms with Crippen molar-refractivity contribution < 1.29 is 29.1 Å². The number of carboxylic acid groups (broad SMARTS) is 1. The van der Waals surface area contributed by atoms with Crippen LogP contribution in [0.15, 0.2) is 54.6 Å². The largest absolute Gasteiger partial charge is 0.480 e. The molecule has 0 radical (unpaired) electrons. The fraction of sp³-hybridized carbons (Fsp3) is 0.320. The van der Waals surface area contributed by atoms with Crippen molar-refractivity contribution >= 4 is 29.5 Å². The predicted molar refractivity (Wildman–Crippen MR) is 128 cm³/mol. The summed E-state index contributed by atoms with van der Waals surface area (Å²) in [6, 6.07) is 12.7. The molecule has 3 amide bonds. The van der Waals surface area contributed by atoms with E-state index in [0.29, 0.717) is 5.56 Å². The van der Waals surface area contributed by atoms with Crippen molar-refractivity contribution in [2.24, 2.45) is 5.73 Å². The molecule has 0 unspecified atom stereocenters. The van der Waals surface area contributed by atoms with Crippen LogP contribution in [0.3, 0.4) is 0 Å². The Balaban J connectivity index is 1.97. The van der Waals surface area contributed by atoms with Crippen LogP contribution in [0.1, 0.15) is 35.3 Å². The fourth-order valence-electron chi connectivity index (χ4n) is 3.25. The van der Waals surface area contributed by atoms with Crippen molar-refractivity contribution in [3.05, 3.63) is 71.3 Å². The highest BCUT2D eigenvalue weighted by atomic mass is 16.4. The zero-order valence-corrected chi connectivity index (χ0v) is 19.6. The first-order chi connectivity index (χ1) is 16.6. The highest BCUT2D eigenvalue weighted by Gasteiger charge is 2.26. The van der Waals surface area contributed by atoms with Gasteiger partial charge in [-0.1, -0.05) is 54.6 Å². The maximum Gasteiger partial charge on any atom is 0.322 e. The number of hydrogen-bond donors (Lipinski definition) is 5. The third kappa shape index (κ3) is 9.01. The molecule has 0 spiro atoms. The van der Waals surface area contributed by atoms with Crippen LogP contribution in [0.2, 0.25) is 0 Å². The van der Waals surface area contributed by atoms with E-state index in [0.717, 1.165) is 11.1 Å². The van der Waals surface area contributed by atoms with E-state index in [2.05, 4.69) is 16.0 Å². The molecule has 0 fully saturated rings. The lowest BCUT2D eigenvalue weighted by atomic mass is 10.0. The van der Waals surface area contributed by atoms with Gasteiger partial charge in [0.15, 0.2) is 5.78 Å². The van der Waals surface area contributed by atoms with Gasteiger partial charge in [-0.3, -0.25) is 24.0 Å². The molecule has 35 heavy (non-hydrogen) atoms. The zero-order chi connectivity index (χ0) is 26.0. The van der Waals surface area contributed by atoms with Crippen LogP contribution < -0.4 is 21.7 Å². The molecule has 0 bridgehead atoms. The molecule has 2 rings (SSSR count). The molecule has 0 saturated carbocycles. The van der Waals surface area contributed by atoms with E-state index in [1.807, 2.05) is 0 Å². The summed E-state index contributed by atoms with van der Waals surface area (Å²) in [5.41, 5.74) is 8.05. The summed E-state index contributed by atoms with van der Waals surface area (Å²) in [7, 11) is 0. The van der Waals surface area contributed by atoms with Crippen LogP contribution in [-0.4, -0.2) is 59.3 Å². The summed E-state index contributed by atoms with van der Waals surface area (Å²) in [6.07, 6.45) is 0.334. The molecule has 0 saturated heterocycles. The number of rotatable bonds is 12. The van der Waals surface area contributed by atoms with Gasteiger partial charge >= 0.3 is 5.97 Å². The van der Waals surface area contributed by atoms with E-state index in [1.165, 1.54) is 13.8 Å². The van der Waals surface area contributed by atoms with Crippen LogP contribution in [0, 0.1) is 0 Å². The summed E-state index contributed by atoms with van der Waals surface area (Å²) in [5.74, 6) is -3.12. The van der Waals surface area contributed by atoms with Crippen LogP contribution in [0.5, 0.6) is 0 Å². The predicted octanol–water partition coefficient (Wildman–Crippen LogP) is 0.192. The number of benzene rings is 2. The number of carbonyl (C=O) groups is 5. The summed E-state index contributed by atoms with van der Waals surface area (Å²) in [6.45, 7) is 2.33. The molecular weight excluding hydrogens is 452 g/mol. The van der Waals surface area contributed by atoms with Crippen LogP contribution in [0.4, 0.5) is 0 Å². The number of amides is 3. The van der Waals surface area contributed by atoms with Gasteiger partial charge in [-0.2, -0.15) is 0 Å². The molecule has 0 aliphatic rings. The molecule has 0 heterocycles. The Bertz CT molecular complexity index is 1060. The van der Waals surface area contributed by atoms with Gasteiger partial charge in [0.25, 0.3) is 0 Å². The smallest absolute Gasteiger partial charge is 0.322 e. The average Bonchev–Trinajstić information content (AvgIpc) is 2.82. The van der Waals surface area contributed by atoms with E-state index < -0.39 is 48.4 Å². The maximum absolute atomic E-state index is 12.7. The topological polar surface area (TPSA) is 168 Å². The minimum Gasteiger partial charge on any atom is -0.480 e. The van der Waals surface area contributed by atoms with Gasteiger partial charge in [0, 0.05) is 12.0 Å². The molecule has 186 valence electrons. The Morgan fingerprint density at radius 2 is 1.43 bits per heavy atom. The van der Waals surface area contributed by atoms with Crippen LogP contribution in [-0.2, 0) is 32.0 Å². The van der Waals surface area contributed by atoms with Gasteiger partial charge in [-0.25, -0.2) is 0 Å². The van der Waals surface area contributed by atoms with E-state index in [-0.39, 0.29) is 18.6 Å². The van der Waals surface area contributed by atoms with Gasteiger partial charge in [0.2, 0.25) is 17.7 Å². The summed E-state index contributed by atoms with van der Waals surface area (Å²) >= 11 is 0. The number of hydrogen-bond acceptors (Lipinski definition) is 6. The molecule has 2 aromatic carbocycles. The number of carbonyl (C=O) groups excluding carboxylic acids is 4. The standard InChI is InChI=1S/C25H30N4O6/c1-15(28-24(34)20(26)12-18-8-10-19(11-9-18)16(2)30)23(33)29-21(25(35)27-14-22(31)32)13-17-6-4-3-5-7-17/h3-11,15,20-21H,12-14,26H2,1-2H3,(H,27,35)(H,28,34)(H,29,33)(H,31,32)/t15-,20-,21-/m0/s1. The van der Waals surface area contributed by atoms with Gasteiger partial charge in [-0.05, 0) is 31.4 Å². The van der Waals surface area contributed by atoms with Crippen LogP contribution in [0.25, 0.3) is 0 Å². The summed E-state index contributed by atoms with van der Waals surface area (Å²) in [5, 5.41) is 16.2. The second-order valence-electron chi connectivity index (χ2n) is 8.16. The van der Waals surface area contributed by atoms with E-state index in [4.69, 9.17) is 10.8 Å². The van der Waals surface area contributed by atoms with Crippen LogP contribution >= 0.6 is 0 Å². The average molecular weight is 483 g/mol. The van der Waals surface area contributed by atoms with Crippen molar-refractivity contribution in [3.8, 4) is 0 Å². The summed E-state index contributed by atoms with van der Waals surface area (Å²) in [4.78, 5) is 59.9. The second kappa shape index (κ2) is 13.0. The highest BCUT2D eigenvalue weighted by molar-refractivity contribution is 5.94. The lowest BCUT2D eigenvalue weighted by Crippen LogP contribution is -2.55. The first kappa shape index (κ1) is 27.2. The van der Waals surface area contributed by atoms with E-state index >= 15 is 0 Å². The minimum atomic E-state index is -1.21. The van der Waals surface area contributed by atoms with Gasteiger partial charge < -0.3 is 26.8 Å². The minimum absolute atomic E-state index is 0.0689. The number of nitrogens with two attached hydrogens (primary N) is 1. The number of nitrogens with one attached hydrogen (secondary N) is 3. The van der Waals surface area contributed by atoms with Gasteiger partial charge in [0.05, 0.1) is 6.04 Å². The third-order valence-electron chi connectivity index (χ3n) is 5.23. The molecule has 10 heteroatoms. The molecule has 3 atom stereocenters. The van der Waals surface area contributed by atoms with Crippen molar-refractivity contribution in [1.29, 1.82) is 0 Å². The molecule has 0 aliphatic heterocycles. The first-order valence-electron chi connectivity index (χ1n) is 11.1. The number of aliphatic carboxylic acids is 1. The van der Waals surface area contributed by atoms with Crippen molar-refractivity contribution in [2.75, 3.05) is 6.54 Å². The molecule has 0 aliphatic carbocycles. The first-order valence-corrected chi connectivity index (χ1v) is 11.1. The number of carboxylic acids is 1. The Morgan fingerprint density at radius 1 is 0.829 bits per heavy atom. The molecule has 6 N–H and O–H groups in total. The molecule has 2 aromatic rings. The van der Waals surface area contributed by atoms with E-state index in [1.54, 1.807) is 54.6 Å². The molecule has 0 aromatic heterocycles. The van der Waals surface area contributed by atoms with Gasteiger partial charge in [-0.15, -0.1) is 0 Å².